The fraction of sp³-hybridized carbons (Fsp3) is 0.587. The molecule has 0 unspecified atom stereocenters. The molecule has 7 rings (SSSR count). The van der Waals surface area contributed by atoms with Crippen LogP contribution in [-0.2, 0) is 19.1 Å². The van der Waals surface area contributed by atoms with Gasteiger partial charge in [0.25, 0.3) is 11.7 Å². The fourth-order valence-electron chi connectivity index (χ4n) is 9.14. The molecular weight excluding hydrogens is 769 g/mol. The average molecular weight is 831 g/mol. The smallest absolute Gasteiger partial charge is 0.312 e. The normalized spacial score (nSPS) is 34.2. The Labute approximate surface area is 352 Å². The predicted octanol–water partition coefficient (Wildman–Crippen LogP) is 5.24. The van der Waals surface area contributed by atoms with Gasteiger partial charge in [-0.1, -0.05) is 66.7 Å². The van der Waals surface area contributed by atoms with Gasteiger partial charge in [-0.15, -0.1) is 0 Å². The zero-order chi connectivity index (χ0) is 44.2. The van der Waals surface area contributed by atoms with E-state index in [-0.39, 0.29) is 62.5 Å². The molecule has 5 heterocycles. The first-order valence-corrected chi connectivity index (χ1v) is 21.2. The summed E-state index contributed by atoms with van der Waals surface area (Å²) in [5.41, 5.74) is -0.0322. The molecule has 60 heavy (non-hydrogen) atoms. The molecule has 0 saturated carbocycles. The molecular formula is C46H62N4O10. The van der Waals surface area contributed by atoms with Crippen LogP contribution in [0.15, 0.2) is 52.5 Å². The van der Waals surface area contributed by atoms with Crippen LogP contribution in [0.4, 0.5) is 0 Å². The van der Waals surface area contributed by atoms with Gasteiger partial charge >= 0.3 is 11.8 Å². The van der Waals surface area contributed by atoms with Gasteiger partial charge in [0.15, 0.2) is 0 Å². The minimum Gasteiger partial charge on any atom is -0.507 e. The summed E-state index contributed by atoms with van der Waals surface area (Å²) >= 11 is 0. The number of amides is 1. The number of likely N-dealkylation sites (tertiary alicyclic amines) is 1. The highest BCUT2D eigenvalue weighted by Crippen LogP contribution is 2.50. The van der Waals surface area contributed by atoms with E-state index in [2.05, 4.69) is 29.4 Å². The van der Waals surface area contributed by atoms with E-state index >= 15 is 0 Å². The van der Waals surface area contributed by atoms with Crippen molar-refractivity contribution in [2.24, 2.45) is 40.5 Å². The maximum atomic E-state index is 14.7. The van der Waals surface area contributed by atoms with Gasteiger partial charge in [-0.3, -0.25) is 24.2 Å². The average Bonchev–Trinajstić information content (AvgIpc) is 3.69. The zero-order valence-corrected chi connectivity index (χ0v) is 36.7. The first kappa shape index (κ1) is 44.8. The maximum Gasteiger partial charge on any atom is 0.312 e. The number of hydrogen-bond donors (Lipinski definition) is 5. The van der Waals surface area contributed by atoms with Crippen molar-refractivity contribution in [2.45, 2.75) is 119 Å². The summed E-state index contributed by atoms with van der Waals surface area (Å²) in [6, 6.07) is 0. The lowest BCUT2D eigenvalue weighted by Crippen LogP contribution is -2.50. The second-order valence-electron chi connectivity index (χ2n) is 18.2. The number of ketones is 2. The van der Waals surface area contributed by atoms with Crippen molar-refractivity contribution in [3.05, 3.63) is 69.8 Å². The summed E-state index contributed by atoms with van der Waals surface area (Å²) in [4.78, 5) is 63.2. The first-order chi connectivity index (χ1) is 28.1. The van der Waals surface area contributed by atoms with Crippen LogP contribution in [0.2, 0.25) is 0 Å². The molecule has 1 spiro atoms. The number of aromatic hydroxyl groups is 1. The second-order valence-corrected chi connectivity index (χ2v) is 18.2. The van der Waals surface area contributed by atoms with E-state index in [1.807, 2.05) is 13.8 Å². The third-order valence-electron chi connectivity index (χ3n) is 13.1. The molecule has 1 saturated heterocycles. The molecule has 1 amide bonds. The number of phenolic OH excluding ortho intramolecular Hbond substituents is 1. The number of ether oxygens (including phenoxy) is 3. The number of piperidine rings is 1. The van der Waals surface area contributed by atoms with E-state index in [0.29, 0.717) is 18.8 Å². The standard InChI is InChI=1S/C46H62N4O10/c1-22(2)21-50-18-16-46(17-19-50)48-34-31-32-39(54)29(9)42-33(31)43(56)45(11,60-42)58-20-15-23(3)26(6)41(59-30(10)51)28(8)38(53)27(7)37(52)24(4)13-12-14-25(5)44(57)47-36(40(32)55)35(34)49-46/h12-15,20,22-24,26-28,37-38,41,49,52-54H,16-19,21H2,1-11H3,(H,47,57)/b13-12+,20-15+,25-14-/t23-,24-,26+,27+,28+,37-,38+,41+,45-/m0/s1. The monoisotopic (exact) mass is 830 g/mol. The fourth-order valence-corrected chi connectivity index (χ4v) is 9.14. The van der Waals surface area contributed by atoms with Gasteiger partial charge in [0.05, 0.1) is 41.0 Å². The summed E-state index contributed by atoms with van der Waals surface area (Å²) < 4.78 is 18.2. The number of carbonyl (C=O) groups is 4. The molecule has 6 aliphatic rings. The lowest BCUT2D eigenvalue weighted by atomic mass is 9.77. The predicted molar refractivity (Wildman–Crippen MR) is 225 cm³/mol. The number of aliphatic hydroxyl groups excluding tert-OH is 2. The van der Waals surface area contributed by atoms with Crippen molar-refractivity contribution in [2.75, 3.05) is 19.6 Å². The van der Waals surface area contributed by atoms with Gasteiger partial charge in [-0.2, -0.15) is 0 Å². The number of esters is 1. The molecule has 1 aliphatic carbocycles. The molecule has 1 fully saturated rings. The van der Waals surface area contributed by atoms with Crippen LogP contribution < -0.4 is 15.4 Å². The highest BCUT2D eigenvalue weighted by Gasteiger charge is 2.54. The van der Waals surface area contributed by atoms with E-state index in [0.717, 1.165) is 19.6 Å². The number of phenols is 1. The number of benzene rings is 1. The number of Topliss-reactive ketones (excluding diaryl/α,β-unsaturated/α-hetero) is 2. The van der Waals surface area contributed by atoms with Crippen molar-refractivity contribution in [1.82, 2.24) is 15.5 Å². The molecule has 1 aromatic rings. The number of carbonyl (C=O) groups excluding carboxylic acids is 4. The summed E-state index contributed by atoms with van der Waals surface area (Å²) in [5.74, 6) is -6.52. The molecule has 5 bridgehead atoms. The highest BCUT2D eigenvalue weighted by molar-refractivity contribution is 6.34. The second kappa shape index (κ2) is 16.9. The number of fused-ring (bicyclic) bond motifs is 13. The number of nitrogens with zero attached hydrogens (tertiary/aromatic N) is 2. The number of aliphatic hydroxyl groups is 2. The van der Waals surface area contributed by atoms with Crippen LogP contribution in [0.25, 0.3) is 0 Å². The molecule has 0 radical (unpaired) electrons. The van der Waals surface area contributed by atoms with E-state index < -0.39 is 76.7 Å². The van der Waals surface area contributed by atoms with E-state index in [1.165, 1.54) is 20.1 Å². The summed E-state index contributed by atoms with van der Waals surface area (Å²) in [7, 11) is 0. The van der Waals surface area contributed by atoms with Crippen LogP contribution in [0.1, 0.15) is 114 Å². The molecule has 0 aromatic heterocycles. The minimum absolute atomic E-state index is 0.0440. The van der Waals surface area contributed by atoms with Gasteiger partial charge in [0.2, 0.25) is 5.78 Å². The number of hydrogen-bond acceptors (Lipinski definition) is 13. The highest BCUT2D eigenvalue weighted by atomic mass is 16.7. The lowest BCUT2D eigenvalue weighted by molar-refractivity contribution is -0.158. The van der Waals surface area contributed by atoms with Crippen molar-refractivity contribution >= 4 is 29.2 Å². The van der Waals surface area contributed by atoms with E-state index in [4.69, 9.17) is 19.2 Å². The largest absolute Gasteiger partial charge is 0.507 e. The van der Waals surface area contributed by atoms with Gasteiger partial charge < -0.3 is 45.1 Å². The Hall–Kier alpha value is -4.79. The van der Waals surface area contributed by atoms with E-state index in [9.17, 15) is 34.5 Å². The van der Waals surface area contributed by atoms with Crippen molar-refractivity contribution < 1.29 is 48.7 Å². The Kier molecular flexibility index (Phi) is 12.6. The molecule has 5 aliphatic heterocycles. The molecule has 14 heteroatoms. The van der Waals surface area contributed by atoms with Crippen molar-refractivity contribution in [1.29, 1.82) is 0 Å². The molecule has 1 aromatic carbocycles. The molecule has 9 atom stereocenters. The number of rotatable bonds is 3. The zero-order valence-electron chi connectivity index (χ0n) is 36.7. The summed E-state index contributed by atoms with van der Waals surface area (Å²) in [5, 5.41) is 41.0. The Balaban J connectivity index is 1.48. The topological polar surface area (TPSA) is 196 Å². The summed E-state index contributed by atoms with van der Waals surface area (Å²) in [6.45, 7) is 21.7. The quantitative estimate of drug-likeness (QED) is 0.249. The van der Waals surface area contributed by atoms with E-state index in [1.54, 1.807) is 58.9 Å². The van der Waals surface area contributed by atoms with Gasteiger partial charge in [-0.25, -0.2) is 0 Å². The Morgan fingerprint density at radius 2 is 1.62 bits per heavy atom. The van der Waals surface area contributed by atoms with Gasteiger partial charge in [-0.05, 0) is 37.7 Å². The van der Waals surface area contributed by atoms with Crippen LogP contribution in [0.3, 0.4) is 0 Å². The van der Waals surface area contributed by atoms with Crippen LogP contribution in [-0.4, -0.2) is 98.8 Å². The Morgan fingerprint density at radius 3 is 2.25 bits per heavy atom. The molecule has 326 valence electrons. The Bertz CT molecular complexity index is 2090. The van der Waals surface area contributed by atoms with Gasteiger partial charge in [0.1, 0.15) is 29.0 Å². The molecule has 5 N–H and O–H groups in total. The third kappa shape index (κ3) is 8.17. The Morgan fingerprint density at radius 1 is 0.950 bits per heavy atom. The van der Waals surface area contributed by atoms with Crippen LogP contribution in [0.5, 0.6) is 11.5 Å². The maximum absolute atomic E-state index is 14.7. The number of nitrogens with one attached hydrogen (secondary N) is 2. The third-order valence-corrected chi connectivity index (χ3v) is 13.1. The number of aliphatic imine (C=N–C) groups is 1. The first-order valence-electron chi connectivity index (χ1n) is 21.2. The van der Waals surface area contributed by atoms with Gasteiger partial charge in [0, 0.05) is 80.8 Å². The van der Waals surface area contributed by atoms with Crippen molar-refractivity contribution in [3.63, 3.8) is 0 Å². The lowest BCUT2D eigenvalue weighted by Gasteiger charge is -2.38. The number of allylic oxidation sites excluding steroid dienone is 5. The van der Waals surface area contributed by atoms with Crippen molar-refractivity contribution in [3.8, 4) is 11.5 Å². The summed E-state index contributed by atoms with van der Waals surface area (Å²) in [6.07, 6.45) is 6.35. The van der Waals surface area contributed by atoms with Crippen LogP contribution >= 0.6 is 0 Å². The van der Waals surface area contributed by atoms with Crippen LogP contribution in [0, 0.1) is 42.4 Å². The minimum atomic E-state index is -1.91. The SMILES string of the molecule is CC(=O)O[C@H]1[C@H](C)[C@H](O)[C@H](C)[C@@H](O)[C@@H](C)/C=C/C=C(/C)C(=O)NC2=C3NC4(CCN(CC(C)C)CC4)N=C3c3c(c(O)c(C)c4c3C(=O)[C@@](C)(O/C=C/[C@H](C)[C@H]1C)O4)C2=O. The molecule has 14 nitrogen and oxygen atoms in total.